The Kier molecular flexibility index (Phi) is 4.13. The molecule has 1 heterocycles. The first-order chi connectivity index (χ1) is 7.77. The third-order valence-electron chi connectivity index (χ3n) is 3.26. The lowest BCUT2D eigenvalue weighted by atomic mass is 9.88. The van der Waals surface area contributed by atoms with E-state index in [1.54, 1.807) is 0 Å². The second kappa shape index (κ2) is 5.60. The molecule has 3 heteroatoms. The summed E-state index contributed by atoms with van der Waals surface area (Å²) in [6.07, 6.45) is 5.18. The zero-order chi connectivity index (χ0) is 11.4. The molecule has 0 aromatic carbocycles. The van der Waals surface area contributed by atoms with Crippen molar-refractivity contribution < 1.29 is 9.53 Å². The predicted octanol–water partition coefficient (Wildman–Crippen LogP) is 3.53. The van der Waals surface area contributed by atoms with Crippen LogP contribution in [-0.4, -0.2) is 18.5 Å². The topological polar surface area (TPSA) is 26.3 Å². The molecule has 0 saturated heterocycles. The van der Waals surface area contributed by atoms with Gasteiger partial charge in [0, 0.05) is 0 Å². The number of Topliss-reactive ketones (excluding diaryl/α,β-unsaturated/α-hetero) is 1. The fourth-order valence-electron chi connectivity index (χ4n) is 2.22. The first-order valence-electron chi connectivity index (χ1n) is 5.95. The molecule has 2 nitrogen and oxygen atoms in total. The third-order valence-corrected chi connectivity index (χ3v) is 4.17. The standard InChI is InChI=1S/C13H18O2S/c1-10-5-2-3-6-12(10)15-9-11(14)13-7-4-8-16-13/h4,7-8,10,12H,2-3,5-6,9H2,1H3. The smallest absolute Gasteiger partial charge is 0.198 e. The molecule has 2 unspecified atom stereocenters. The molecular weight excluding hydrogens is 220 g/mol. The molecule has 0 radical (unpaired) electrons. The molecule has 1 aromatic rings. The highest BCUT2D eigenvalue weighted by molar-refractivity contribution is 7.12. The molecule has 0 bridgehead atoms. The van der Waals surface area contributed by atoms with Crippen LogP contribution in [0.1, 0.15) is 42.3 Å². The maximum absolute atomic E-state index is 11.7. The van der Waals surface area contributed by atoms with Gasteiger partial charge in [0.2, 0.25) is 0 Å². The molecule has 0 spiro atoms. The van der Waals surface area contributed by atoms with Crippen molar-refractivity contribution in [2.45, 2.75) is 38.7 Å². The Hall–Kier alpha value is -0.670. The highest BCUT2D eigenvalue weighted by Crippen LogP contribution is 2.26. The summed E-state index contributed by atoms with van der Waals surface area (Å²) in [4.78, 5) is 12.5. The number of hydrogen-bond donors (Lipinski definition) is 0. The van der Waals surface area contributed by atoms with Crippen LogP contribution in [0.15, 0.2) is 17.5 Å². The number of ether oxygens (including phenoxy) is 1. The van der Waals surface area contributed by atoms with Crippen molar-refractivity contribution in [1.29, 1.82) is 0 Å². The number of rotatable bonds is 4. The van der Waals surface area contributed by atoms with Gasteiger partial charge in [-0.1, -0.05) is 25.8 Å². The van der Waals surface area contributed by atoms with E-state index in [-0.39, 0.29) is 18.5 Å². The van der Waals surface area contributed by atoms with Crippen molar-refractivity contribution in [2.75, 3.05) is 6.61 Å². The third kappa shape index (κ3) is 2.92. The van der Waals surface area contributed by atoms with E-state index in [0.717, 1.165) is 11.3 Å². The van der Waals surface area contributed by atoms with Gasteiger partial charge in [-0.15, -0.1) is 11.3 Å². The van der Waals surface area contributed by atoms with E-state index in [1.165, 1.54) is 30.6 Å². The summed E-state index contributed by atoms with van der Waals surface area (Å²) in [6, 6.07) is 3.77. The van der Waals surface area contributed by atoms with Gasteiger partial charge < -0.3 is 4.74 Å². The van der Waals surface area contributed by atoms with E-state index in [1.807, 2.05) is 17.5 Å². The number of carbonyl (C=O) groups excluding carboxylic acids is 1. The minimum absolute atomic E-state index is 0.118. The summed E-state index contributed by atoms with van der Waals surface area (Å²) in [5.74, 6) is 0.720. The molecule has 16 heavy (non-hydrogen) atoms. The second-order valence-electron chi connectivity index (χ2n) is 4.51. The molecule has 0 aliphatic heterocycles. The largest absolute Gasteiger partial charge is 0.370 e. The Morgan fingerprint density at radius 3 is 3.00 bits per heavy atom. The van der Waals surface area contributed by atoms with Crippen molar-refractivity contribution >= 4 is 17.1 Å². The van der Waals surface area contributed by atoms with Crippen LogP contribution in [-0.2, 0) is 4.74 Å². The van der Waals surface area contributed by atoms with E-state index < -0.39 is 0 Å². The molecule has 1 saturated carbocycles. The van der Waals surface area contributed by atoms with Crippen molar-refractivity contribution in [3.63, 3.8) is 0 Å². The molecule has 1 fully saturated rings. The molecule has 1 aliphatic rings. The SMILES string of the molecule is CC1CCCCC1OCC(=O)c1cccs1. The number of hydrogen-bond acceptors (Lipinski definition) is 3. The second-order valence-corrected chi connectivity index (χ2v) is 5.46. The van der Waals surface area contributed by atoms with Crippen molar-refractivity contribution in [2.24, 2.45) is 5.92 Å². The van der Waals surface area contributed by atoms with Gasteiger partial charge in [0.05, 0.1) is 11.0 Å². The average molecular weight is 238 g/mol. The van der Waals surface area contributed by atoms with Crippen LogP contribution >= 0.6 is 11.3 Å². The minimum Gasteiger partial charge on any atom is -0.370 e. The lowest BCUT2D eigenvalue weighted by Crippen LogP contribution is -2.27. The van der Waals surface area contributed by atoms with Crippen LogP contribution in [0.4, 0.5) is 0 Å². The maximum atomic E-state index is 11.7. The molecule has 0 N–H and O–H groups in total. The highest BCUT2D eigenvalue weighted by Gasteiger charge is 2.22. The van der Waals surface area contributed by atoms with Crippen molar-refractivity contribution in [1.82, 2.24) is 0 Å². The van der Waals surface area contributed by atoms with Gasteiger partial charge in [0.25, 0.3) is 0 Å². The van der Waals surface area contributed by atoms with Gasteiger partial charge in [-0.05, 0) is 30.2 Å². The molecule has 2 atom stereocenters. The lowest BCUT2D eigenvalue weighted by Gasteiger charge is -2.28. The molecule has 1 aromatic heterocycles. The summed E-state index contributed by atoms with van der Waals surface area (Å²) in [5, 5.41) is 1.93. The normalized spacial score (nSPS) is 25.6. The molecule has 2 rings (SSSR count). The number of ketones is 1. The number of carbonyl (C=O) groups is 1. The van der Waals surface area contributed by atoms with Gasteiger partial charge >= 0.3 is 0 Å². The van der Waals surface area contributed by atoms with Crippen molar-refractivity contribution in [3.05, 3.63) is 22.4 Å². The summed E-state index contributed by atoms with van der Waals surface area (Å²) in [5.41, 5.74) is 0. The fourth-order valence-corrected chi connectivity index (χ4v) is 2.87. The number of thiophene rings is 1. The van der Waals surface area contributed by atoms with Crippen LogP contribution in [0, 0.1) is 5.92 Å². The van der Waals surface area contributed by atoms with Crippen LogP contribution in [0.2, 0.25) is 0 Å². The predicted molar refractivity (Wildman–Crippen MR) is 66.0 cm³/mol. The quantitative estimate of drug-likeness (QED) is 0.750. The highest BCUT2D eigenvalue weighted by atomic mass is 32.1. The Balaban J connectivity index is 1.80. The molecule has 88 valence electrons. The zero-order valence-electron chi connectivity index (χ0n) is 9.65. The monoisotopic (exact) mass is 238 g/mol. The minimum atomic E-state index is 0.118. The Labute approximate surface area is 101 Å². The summed E-state index contributed by atoms with van der Waals surface area (Å²) >= 11 is 1.49. The van der Waals surface area contributed by atoms with Crippen LogP contribution in [0.3, 0.4) is 0 Å². The first kappa shape index (κ1) is 11.8. The summed E-state index contributed by atoms with van der Waals surface area (Å²) in [6.45, 7) is 2.47. The Morgan fingerprint density at radius 2 is 2.31 bits per heavy atom. The van der Waals surface area contributed by atoms with Gasteiger partial charge in [-0.3, -0.25) is 4.79 Å². The van der Waals surface area contributed by atoms with Gasteiger partial charge in [0.15, 0.2) is 5.78 Å². The summed E-state index contributed by atoms with van der Waals surface area (Å²) < 4.78 is 5.74. The first-order valence-corrected chi connectivity index (χ1v) is 6.83. The lowest BCUT2D eigenvalue weighted by molar-refractivity contribution is 0.000897. The fraction of sp³-hybridized carbons (Fsp3) is 0.615. The molecule has 1 aliphatic carbocycles. The van der Waals surface area contributed by atoms with Crippen LogP contribution < -0.4 is 0 Å². The van der Waals surface area contributed by atoms with Crippen LogP contribution in [0.25, 0.3) is 0 Å². The van der Waals surface area contributed by atoms with E-state index in [2.05, 4.69) is 6.92 Å². The van der Waals surface area contributed by atoms with Crippen LogP contribution in [0.5, 0.6) is 0 Å². The molecular formula is C13H18O2S. The maximum Gasteiger partial charge on any atom is 0.198 e. The Morgan fingerprint density at radius 1 is 1.50 bits per heavy atom. The van der Waals surface area contributed by atoms with Crippen molar-refractivity contribution in [3.8, 4) is 0 Å². The van der Waals surface area contributed by atoms with E-state index in [4.69, 9.17) is 4.74 Å². The van der Waals surface area contributed by atoms with E-state index in [9.17, 15) is 4.79 Å². The molecule has 0 amide bonds. The Bertz CT molecular complexity index is 332. The van der Waals surface area contributed by atoms with Gasteiger partial charge in [-0.2, -0.15) is 0 Å². The van der Waals surface area contributed by atoms with E-state index >= 15 is 0 Å². The van der Waals surface area contributed by atoms with Gasteiger partial charge in [-0.25, -0.2) is 0 Å². The average Bonchev–Trinajstić information content (AvgIpc) is 2.81. The van der Waals surface area contributed by atoms with E-state index in [0.29, 0.717) is 5.92 Å². The summed E-state index contributed by atoms with van der Waals surface area (Å²) in [7, 11) is 0. The zero-order valence-corrected chi connectivity index (χ0v) is 10.5. The van der Waals surface area contributed by atoms with Gasteiger partial charge in [0.1, 0.15) is 6.61 Å².